The number of hydrogen-bond acceptors (Lipinski definition) is 6. The van der Waals surface area contributed by atoms with Gasteiger partial charge in [0.15, 0.2) is 5.89 Å². The molecule has 2 aromatic rings. The molecule has 0 aliphatic carbocycles. The number of aromatic nitrogens is 3. The van der Waals surface area contributed by atoms with Crippen LogP contribution in [-0.2, 0) is 6.42 Å². The Kier molecular flexibility index (Phi) is 4.55. The molecule has 0 bridgehead atoms. The van der Waals surface area contributed by atoms with Crippen LogP contribution in [0.2, 0.25) is 0 Å². The SMILES string of the molecule is CCc1nc(C)c(C(=O)N[C@H]2CCCN(c3ncccn3)C2)o1. The van der Waals surface area contributed by atoms with Crippen molar-refractivity contribution in [1.82, 2.24) is 20.3 Å². The van der Waals surface area contributed by atoms with Crippen molar-refractivity contribution < 1.29 is 9.21 Å². The summed E-state index contributed by atoms with van der Waals surface area (Å²) >= 11 is 0. The van der Waals surface area contributed by atoms with E-state index in [0.29, 0.717) is 36.3 Å². The molecule has 23 heavy (non-hydrogen) atoms. The van der Waals surface area contributed by atoms with Crippen LogP contribution in [0, 0.1) is 6.92 Å². The second kappa shape index (κ2) is 6.76. The Morgan fingerprint density at radius 2 is 2.22 bits per heavy atom. The van der Waals surface area contributed by atoms with E-state index < -0.39 is 0 Å². The van der Waals surface area contributed by atoms with Gasteiger partial charge in [-0.3, -0.25) is 4.79 Å². The smallest absolute Gasteiger partial charge is 0.289 e. The van der Waals surface area contributed by atoms with E-state index >= 15 is 0 Å². The first-order chi connectivity index (χ1) is 11.2. The Hall–Kier alpha value is -2.44. The lowest BCUT2D eigenvalue weighted by molar-refractivity contribution is 0.0902. The van der Waals surface area contributed by atoms with Gasteiger partial charge in [0.05, 0.1) is 5.69 Å². The second-order valence-electron chi connectivity index (χ2n) is 5.68. The zero-order valence-electron chi connectivity index (χ0n) is 13.5. The number of nitrogens with zero attached hydrogens (tertiary/aromatic N) is 4. The summed E-state index contributed by atoms with van der Waals surface area (Å²) in [5.41, 5.74) is 0.637. The molecule has 0 spiro atoms. The van der Waals surface area contributed by atoms with Crippen molar-refractivity contribution in [2.24, 2.45) is 0 Å². The van der Waals surface area contributed by atoms with Crippen molar-refractivity contribution in [3.8, 4) is 0 Å². The van der Waals surface area contributed by atoms with Gasteiger partial charge in [-0.05, 0) is 25.8 Å². The Morgan fingerprint density at radius 1 is 1.43 bits per heavy atom. The molecule has 1 N–H and O–H groups in total. The van der Waals surface area contributed by atoms with Gasteiger partial charge in [-0.2, -0.15) is 0 Å². The van der Waals surface area contributed by atoms with Crippen LogP contribution in [0.15, 0.2) is 22.9 Å². The van der Waals surface area contributed by atoms with Gasteiger partial charge in [0.1, 0.15) is 0 Å². The molecular formula is C16H21N5O2. The highest BCUT2D eigenvalue weighted by atomic mass is 16.4. The van der Waals surface area contributed by atoms with Crippen LogP contribution >= 0.6 is 0 Å². The molecule has 122 valence electrons. The fraction of sp³-hybridized carbons (Fsp3) is 0.500. The lowest BCUT2D eigenvalue weighted by Gasteiger charge is -2.32. The Labute approximate surface area is 135 Å². The Balaban J connectivity index is 1.65. The second-order valence-corrected chi connectivity index (χ2v) is 5.68. The first-order valence-electron chi connectivity index (χ1n) is 7.96. The molecule has 1 aliphatic heterocycles. The van der Waals surface area contributed by atoms with Crippen molar-refractivity contribution in [2.75, 3.05) is 18.0 Å². The molecule has 3 heterocycles. The van der Waals surface area contributed by atoms with Gasteiger partial charge in [-0.1, -0.05) is 6.92 Å². The number of aryl methyl sites for hydroxylation is 2. The number of carbonyl (C=O) groups excluding carboxylic acids is 1. The van der Waals surface area contributed by atoms with Gasteiger partial charge in [0, 0.05) is 37.9 Å². The summed E-state index contributed by atoms with van der Waals surface area (Å²) in [7, 11) is 0. The lowest BCUT2D eigenvalue weighted by Crippen LogP contribution is -2.48. The van der Waals surface area contributed by atoms with Crippen molar-refractivity contribution >= 4 is 11.9 Å². The maximum Gasteiger partial charge on any atom is 0.289 e. The van der Waals surface area contributed by atoms with Crippen LogP contribution in [-0.4, -0.2) is 40.0 Å². The minimum absolute atomic E-state index is 0.0506. The number of rotatable bonds is 4. The normalized spacial score (nSPS) is 18.0. The highest BCUT2D eigenvalue weighted by Gasteiger charge is 2.25. The molecule has 0 saturated carbocycles. The van der Waals surface area contributed by atoms with E-state index in [9.17, 15) is 4.79 Å². The van der Waals surface area contributed by atoms with Gasteiger partial charge < -0.3 is 14.6 Å². The average Bonchev–Trinajstić information content (AvgIpc) is 2.97. The van der Waals surface area contributed by atoms with Crippen molar-refractivity contribution in [2.45, 2.75) is 39.2 Å². The predicted octanol–water partition coefficient (Wildman–Crippen LogP) is 1.73. The molecule has 1 fully saturated rings. The molecule has 3 rings (SSSR count). The third kappa shape index (κ3) is 3.49. The standard InChI is InChI=1S/C16H21N5O2/c1-3-13-19-11(2)14(23-13)15(22)20-12-6-4-9-21(10-12)16-17-7-5-8-18-16/h5,7-8,12H,3-4,6,9-10H2,1-2H3,(H,20,22)/t12-/m0/s1. The monoisotopic (exact) mass is 315 g/mol. The highest BCUT2D eigenvalue weighted by molar-refractivity contribution is 5.92. The first kappa shape index (κ1) is 15.5. The lowest BCUT2D eigenvalue weighted by atomic mass is 10.1. The number of hydrogen-bond donors (Lipinski definition) is 1. The summed E-state index contributed by atoms with van der Waals surface area (Å²) in [4.78, 5) is 27.3. The maximum absolute atomic E-state index is 12.4. The zero-order chi connectivity index (χ0) is 16.2. The number of anilines is 1. The van der Waals surface area contributed by atoms with E-state index in [1.165, 1.54) is 0 Å². The third-order valence-corrected chi connectivity index (χ3v) is 3.94. The Bertz CT molecular complexity index is 670. The summed E-state index contributed by atoms with van der Waals surface area (Å²) in [6.45, 7) is 5.34. The quantitative estimate of drug-likeness (QED) is 0.925. The zero-order valence-corrected chi connectivity index (χ0v) is 13.5. The van der Waals surface area contributed by atoms with Crippen LogP contribution in [0.5, 0.6) is 0 Å². The number of nitrogens with one attached hydrogen (secondary N) is 1. The topological polar surface area (TPSA) is 84.2 Å². The summed E-state index contributed by atoms with van der Waals surface area (Å²) < 4.78 is 5.52. The molecule has 1 saturated heterocycles. The first-order valence-corrected chi connectivity index (χ1v) is 7.96. The fourth-order valence-corrected chi connectivity index (χ4v) is 2.80. The number of piperidine rings is 1. The molecule has 1 aliphatic rings. The highest BCUT2D eigenvalue weighted by Crippen LogP contribution is 2.17. The summed E-state index contributed by atoms with van der Waals surface area (Å²) in [6.07, 6.45) is 6.06. The fourth-order valence-electron chi connectivity index (χ4n) is 2.80. The summed E-state index contributed by atoms with van der Waals surface area (Å²) in [5.74, 6) is 1.41. The minimum Gasteiger partial charge on any atom is -0.435 e. The molecule has 2 aromatic heterocycles. The summed E-state index contributed by atoms with van der Waals surface area (Å²) in [5, 5.41) is 3.04. The van der Waals surface area contributed by atoms with Crippen LogP contribution in [0.25, 0.3) is 0 Å². The van der Waals surface area contributed by atoms with Gasteiger partial charge in [0.2, 0.25) is 11.7 Å². The van der Waals surface area contributed by atoms with Crippen molar-refractivity contribution in [3.63, 3.8) is 0 Å². The minimum atomic E-state index is -0.199. The van der Waals surface area contributed by atoms with Gasteiger partial charge in [-0.25, -0.2) is 15.0 Å². The van der Waals surface area contributed by atoms with E-state index in [0.717, 1.165) is 19.4 Å². The van der Waals surface area contributed by atoms with Crippen LogP contribution < -0.4 is 10.2 Å². The van der Waals surface area contributed by atoms with E-state index in [2.05, 4.69) is 25.2 Å². The summed E-state index contributed by atoms with van der Waals surface area (Å²) in [6, 6.07) is 1.85. The molecule has 7 nitrogen and oxygen atoms in total. The van der Waals surface area contributed by atoms with Crippen LogP contribution in [0.4, 0.5) is 5.95 Å². The van der Waals surface area contributed by atoms with E-state index in [1.807, 2.05) is 6.92 Å². The van der Waals surface area contributed by atoms with Gasteiger partial charge in [0.25, 0.3) is 5.91 Å². The Morgan fingerprint density at radius 3 is 2.91 bits per heavy atom. The van der Waals surface area contributed by atoms with Crippen molar-refractivity contribution in [3.05, 3.63) is 35.8 Å². The average molecular weight is 315 g/mol. The molecule has 0 unspecified atom stereocenters. The number of oxazole rings is 1. The molecule has 1 amide bonds. The largest absolute Gasteiger partial charge is 0.435 e. The molecule has 7 heteroatoms. The molecule has 0 aromatic carbocycles. The van der Waals surface area contributed by atoms with Gasteiger partial charge >= 0.3 is 0 Å². The van der Waals surface area contributed by atoms with Crippen molar-refractivity contribution in [1.29, 1.82) is 0 Å². The molecular weight excluding hydrogens is 294 g/mol. The van der Waals surface area contributed by atoms with Crippen LogP contribution in [0.1, 0.15) is 41.9 Å². The molecule has 0 radical (unpaired) electrons. The number of carbonyl (C=O) groups is 1. The van der Waals surface area contributed by atoms with E-state index in [1.54, 1.807) is 25.4 Å². The van der Waals surface area contributed by atoms with Crippen LogP contribution in [0.3, 0.4) is 0 Å². The van der Waals surface area contributed by atoms with Gasteiger partial charge in [-0.15, -0.1) is 0 Å². The maximum atomic E-state index is 12.4. The van der Waals surface area contributed by atoms with E-state index in [4.69, 9.17) is 4.42 Å². The predicted molar refractivity (Wildman–Crippen MR) is 85.4 cm³/mol. The number of amides is 1. The molecule has 1 atom stereocenters. The van der Waals surface area contributed by atoms with E-state index in [-0.39, 0.29) is 11.9 Å². The third-order valence-electron chi connectivity index (χ3n) is 3.94.